The number of hydrogen-bond donors (Lipinski definition) is 2. The number of rotatable bonds is 4. The molecule has 2 aliphatic rings. The van der Waals surface area contributed by atoms with Crippen molar-refractivity contribution in [3.63, 3.8) is 0 Å². The predicted octanol–water partition coefficient (Wildman–Crippen LogP) is 2.54. The van der Waals surface area contributed by atoms with Gasteiger partial charge in [0.05, 0.1) is 12.1 Å². The first-order chi connectivity index (χ1) is 13.1. The van der Waals surface area contributed by atoms with Crippen molar-refractivity contribution in [1.29, 1.82) is 0 Å². The van der Waals surface area contributed by atoms with E-state index in [9.17, 15) is 14.4 Å². The van der Waals surface area contributed by atoms with Crippen LogP contribution in [-0.4, -0.2) is 30.4 Å². The van der Waals surface area contributed by atoms with Crippen LogP contribution in [0.5, 0.6) is 5.75 Å². The maximum atomic E-state index is 12.4. The molecule has 0 radical (unpaired) electrons. The molecule has 1 saturated heterocycles. The van der Waals surface area contributed by atoms with Crippen molar-refractivity contribution in [2.45, 2.75) is 25.4 Å². The molecule has 138 valence electrons. The van der Waals surface area contributed by atoms with Crippen LogP contribution in [0.4, 0.5) is 17.1 Å². The van der Waals surface area contributed by atoms with Crippen LogP contribution < -0.4 is 20.3 Å². The molecule has 4 rings (SSSR count). The minimum Gasteiger partial charge on any atom is -0.478 e. The number of ether oxygens (including phenoxy) is 1. The van der Waals surface area contributed by atoms with Gasteiger partial charge in [0.15, 0.2) is 6.10 Å². The topological polar surface area (TPSA) is 87.7 Å². The van der Waals surface area contributed by atoms with E-state index in [-0.39, 0.29) is 24.1 Å². The average molecular weight is 365 g/mol. The quantitative estimate of drug-likeness (QED) is 0.872. The Balaban J connectivity index is 1.41. The van der Waals surface area contributed by atoms with Crippen LogP contribution >= 0.6 is 0 Å². The van der Waals surface area contributed by atoms with Gasteiger partial charge in [-0.3, -0.25) is 14.4 Å². The highest BCUT2D eigenvalue weighted by molar-refractivity contribution is 6.02. The molecule has 2 heterocycles. The lowest BCUT2D eigenvalue weighted by atomic mass is 10.1. The number of benzene rings is 2. The third-order valence-electron chi connectivity index (χ3n) is 4.59. The van der Waals surface area contributed by atoms with Crippen LogP contribution in [0.1, 0.15) is 19.3 Å². The number of carbonyl (C=O) groups excluding carboxylic acids is 3. The fraction of sp³-hybridized carbons (Fsp3) is 0.250. The number of hydrogen-bond acceptors (Lipinski definition) is 4. The van der Waals surface area contributed by atoms with Gasteiger partial charge in [-0.25, -0.2) is 0 Å². The molecule has 2 aliphatic heterocycles. The highest BCUT2D eigenvalue weighted by Gasteiger charge is 2.29. The molecule has 1 fully saturated rings. The number of anilines is 3. The molecule has 0 aliphatic carbocycles. The standard InChI is InChI=1S/C20H19N3O4/c24-18(12-17-20(26)22-15-7-1-2-8-16(15)27-17)21-13-5-3-6-14(11-13)23-10-4-9-19(23)25/h1-3,5-8,11,17H,4,9-10,12H2,(H,21,24)(H,22,26)/t17-/m1/s1. The first-order valence-corrected chi connectivity index (χ1v) is 8.87. The predicted molar refractivity (Wildman–Crippen MR) is 101 cm³/mol. The number of nitrogens with one attached hydrogen (secondary N) is 2. The lowest BCUT2D eigenvalue weighted by Crippen LogP contribution is -2.39. The Morgan fingerprint density at radius 2 is 2.04 bits per heavy atom. The summed E-state index contributed by atoms with van der Waals surface area (Å²) in [5.41, 5.74) is 1.94. The Morgan fingerprint density at radius 3 is 2.85 bits per heavy atom. The van der Waals surface area contributed by atoms with Crippen LogP contribution in [0.2, 0.25) is 0 Å². The zero-order valence-corrected chi connectivity index (χ0v) is 14.6. The molecule has 0 aromatic heterocycles. The van der Waals surface area contributed by atoms with Gasteiger partial charge < -0.3 is 20.3 Å². The summed E-state index contributed by atoms with van der Waals surface area (Å²) < 4.78 is 5.65. The molecule has 2 aromatic rings. The fourth-order valence-electron chi connectivity index (χ4n) is 3.28. The summed E-state index contributed by atoms with van der Waals surface area (Å²) in [4.78, 5) is 38.1. The van der Waals surface area contributed by atoms with Crippen LogP contribution in [0.15, 0.2) is 48.5 Å². The van der Waals surface area contributed by atoms with Gasteiger partial charge in [0.25, 0.3) is 5.91 Å². The Hall–Kier alpha value is -3.35. The summed E-state index contributed by atoms with van der Waals surface area (Å²) in [6.45, 7) is 0.686. The fourth-order valence-corrected chi connectivity index (χ4v) is 3.28. The van der Waals surface area contributed by atoms with Crippen molar-refractivity contribution in [3.05, 3.63) is 48.5 Å². The Morgan fingerprint density at radius 1 is 1.19 bits per heavy atom. The maximum absolute atomic E-state index is 12.4. The summed E-state index contributed by atoms with van der Waals surface area (Å²) in [5, 5.41) is 5.52. The molecule has 7 heteroatoms. The molecule has 0 unspecified atom stereocenters. The van der Waals surface area contributed by atoms with Gasteiger partial charge in [-0.2, -0.15) is 0 Å². The number of carbonyl (C=O) groups is 3. The van der Waals surface area contributed by atoms with Gasteiger partial charge in [-0.05, 0) is 36.8 Å². The largest absolute Gasteiger partial charge is 0.478 e. The molecule has 1 atom stereocenters. The summed E-state index contributed by atoms with van der Waals surface area (Å²) in [6.07, 6.45) is 0.396. The van der Waals surface area contributed by atoms with E-state index in [1.165, 1.54) is 0 Å². The molecular formula is C20H19N3O4. The Labute approximate surface area is 156 Å². The number of amides is 3. The maximum Gasteiger partial charge on any atom is 0.266 e. The number of nitrogens with zero attached hydrogens (tertiary/aromatic N) is 1. The zero-order valence-electron chi connectivity index (χ0n) is 14.6. The SMILES string of the molecule is O=C(C[C@H]1Oc2ccccc2NC1=O)Nc1cccc(N2CCCC2=O)c1. The van der Waals surface area contributed by atoms with Crippen molar-refractivity contribution in [2.75, 3.05) is 22.1 Å². The average Bonchev–Trinajstić information content (AvgIpc) is 3.08. The zero-order chi connectivity index (χ0) is 18.8. The second kappa shape index (κ2) is 7.11. The van der Waals surface area contributed by atoms with Crippen LogP contribution in [0.25, 0.3) is 0 Å². The molecule has 7 nitrogen and oxygen atoms in total. The van der Waals surface area contributed by atoms with Crippen LogP contribution in [-0.2, 0) is 14.4 Å². The molecular weight excluding hydrogens is 346 g/mol. The molecule has 0 bridgehead atoms. The number of fused-ring (bicyclic) bond motifs is 1. The summed E-state index contributed by atoms with van der Waals surface area (Å²) in [5.74, 6) is -0.0476. The Kier molecular flexibility index (Phi) is 4.50. The molecule has 27 heavy (non-hydrogen) atoms. The van der Waals surface area contributed by atoms with E-state index < -0.39 is 6.10 Å². The van der Waals surface area contributed by atoms with Gasteiger partial charge in [-0.15, -0.1) is 0 Å². The number of para-hydroxylation sites is 2. The van der Waals surface area contributed by atoms with E-state index >= 15 is 0 Å². The highest BCUT2D eigenvalue weighted by Crippen LogP contribution is 2.30. The monoisotopic (exact) mass is 365 g/mol. The third kappa shape index (κ3) is 3.62. The van der Waals surface area contributed by atoms with Crippen molar-refractivity contribution >= 4 is 34.8 Å². The Bertz CT molecular complexity index is 912. The van der Waals surface area contributed by atoms with Gasteiger partial charge in [0.2, 0.25) is 11.8 Å². The van der Waals surface area contributed by atoms with Crippen molar-refractivity contribution in [3.8, 4) is 5.75 Å². The molecule has 0 spiro atoms. The van der Waals surface area contributed by atoms with Gasteiger partial charge in [-0.1, -0.05) is 18.2 Å². The normalized spacial score (nSPS) is 18.5. The first-order valence-electron chi connectivity index (χ1n) is 8.87. The third-order valence-corrected chi connectivity index (χ3v) is 4.59. The second-order valence-electron chi connectivity index (χ2n) is 6.54. The summed E-state index contributed by atoms with van der Waals surface area (Å²) >= 11 is 0. The van der Waals surface area contributed by atoms with Crippen molar-refractivity contribution in [2.24, 2.45) is 0 Å². The van der Waals surface area contributed by atoms with E-state index in [0.29, 0.717) is 30.1 Å². The smallest absolute Gasteiger partial charge is 0.266 e. The minimum absolute atomic E-state index is 0.0874. The molecule has 2 N–H and O–H groups in total. The van der Waals surface area contributed by atoms with Crippen LogP contribution in [0, 0.1) is 0 Å². The summed E-state index contributed by atoms with van der Waals surface area (Å²) in [7, 11) is 0. The molecule has 3 amide bonds. The minimum atomic E-state index is -0.886. The first kappa shape index (κ1) is 17.1. The van der Waals surface area contributed by atoms with Crippen molar-refractivity contribution < 1.29 is 19.1 Å². The second-order valence-corrected chi connectivity index (χ2v) is 6.54. The van der Waals surface area contributed by atoms with Crippen LogP contribution in [0.3, 0.4) is 0 Å². The van der Waals surface area contributed by atoms with Gasteiger partial charge >= 0.3 is 0 Å². The highest BCUT2D eigenvalue weighted by atomic mass is 16.5. The van der Waals surface area contributed by atoms with E-state index in [2.05, 4.69) is 10.6 Å². The molecule has 0 saturated carbocycles. The lowest BCUT2D eigenvalue weighted by Gasteiger charge is -2.25. The van der Waals surface area contributed by atoms with E-state index in [1.54, 1.807) is 47.4 Å². The van der Waals surface area contributed by atoms with Gasteiger partial charge in [0, 0.05) is 24.3 Å². The lowest BCUT2D eigenvalue weighted by molar-refractivity contribution is -0.128. The molecule has 2 aromatic carbocycles. The van der Waals surface area contributed by atoms with Crippen molar-refractivity contribution in [1.82, 2.24) is 0 Å². The van der Waals surface area contributed by atoms with Gasteiger partial charge in [0.1, 0.15) is 5.75 Å². The summed E-state index contributed by atoms with van der Waals surface area (Å²) in [6, 6.07) is 14.2. The van der Waals surface area contributed by atoms with E-state index in [4.69, 9.17) is 4.74 Å². The van der Waals surface area contributed by atoms with E-state index in [1.807, 2.05) is 6.07 Å². The van der Waals surface area contributed by atoms with E-state index in [0.717, 1.165) is 12.1 Å².